The summed E-state index contributed by atoms with van der Waals surface area (Å²) in [6.07, 6.45) is -0.413. The third-order valence-corrected chi connectivity index (χ3v) is 4.50. The SMILES string of the molecule is Cc1cccc([C@H](O)CNC(=O)Cc2sc(=S)[nH]c2C)c1. The molecule has 1 heterocycles. The molecule has 0 saturated carbocycles. The Morgan fingerprint density at radius 1 is 1.48 bits per heavy atom. The van der Waals surface area contributed by atoms with Gasteiger partial charge in [0.2, 0.25) is 5.91 Å². The van der Waals surface area contributed by atoms with Gasteiger partial charge in [-0.3, -0.25) is 4.79 Å². The first kappa shape index (κ1) is 15.9. The largest absolute Gasteiger partial charge is 0.387 e. The van der Waals surface area contributed by atoms with Gasteiger partial charge in [0.05, 0.1) is 12.5 Å². The summed E-state index contributed by atoms with van der Waals surface area (Å²) in [5.74, 6) is -0.116. The molecule has 0 saturated heterocycles. The molecule has 0 fully saturated rings. The highest BCUT2D eigenvalue weighted by atomic mass is 32.1. The molecule has 0 unspecified atom stereocenters. The lowest BCUT2D eigenvalue weighted by atomic mass is 10.1. The monoisotopic (exact) mass is 322 g/mol. The highest BCUT2D eigenvalue weighted by Crippen LogP contribution is 2.16. The van der Waals surface area contributed by atoms with Gasteiger partial charge >= 0.3 is 0 Å². The van der Waals surface area contributed by atoms with Gasteiger partial charge in [0.25, 0.3) is 0 Å². The first-order chi connectivity index (χ1) is 9.95. The summed E-state index contributed by atoms with van der Waals surface area (Å²) in [6.45, 7) is 4.07. The zero-order chi connectivity index (χ0) is 15.4. The van der Waals surface area contributed by atoms with E-state index >= 15 is 0 Å². The van der Waals surface area contributed by atoms with E-state index in [1.807, 2.05) is 38.1 Å². The normalized spacial score (nSPS) is 12.1. The molecular formula is C15H18N2O2S2. The van der Waals surface area contributed by atoms with E-state index in [0.29, 0.717) is 3.95 Å². The van der Waals surface area contributed by atoms with Crippen molar-refractivity contribution in [2.24, 2.45) is 0 Å². The molecule has 112 valence electrons. The Morgan fingerprint density at radius 3 is 2.86 bits per heavy atom. The van der Waals surface area contributed by atoms with E-state index < -0.39 is 6.10 Å². The molecule has 1 aromatic heterocycles. The van der Waals surface area contributed by atoms with E-state index in [9.17, 15) is 9.90 Å². The zero-order valence-electron chi connectivity index (χ0n) is 12.0. The first-order valence-electron chi connectivity index (χ1n) is 6.65. The number of aromatic amines is 1. The quantitative estimate of drug-likeness (QED) is 0.742. The number of rotatable bonds is 5. The fourth-order valence-corrected chi connectivity index (χ4v) is 3.31. The standard InChI is InChI=1S/C15H18N2O2S2/c1-9-4-3-5-11(6-9)12(18)8-16-14(19)7-13-10(2)17-15(20)21-13/h3-6,12,18H,7-8H2,1-2H3,(H,16,19)(H,17,20)/t12-/m1/s1. The molecule has 0 radical (unpaired) electrons. The maximum atomic E-state index is 11.9. The summed E-state index contributed by atoms with van der Waals surface area (Å²) in [4.78, 5) is 15.9. The minimum absolute atomic E-state index is 0.116. The molecule has 21 heavy (non-hydrogen) atoms. The highest BCUT2D eigenvalue weighted by molar-refractivity contribution is 7.73. The number of carbonyl (C=O) groups excluding carboxylic acids is 1. The van der Waals surface area contributed by atoms with Crippen molar-refractivity contribution < 1.29 is 9.90 Å². The van der Waals surface area contributed by atoms with Crippen LogP contribution >= 0.6 is 23.6 Å². The molecule has 0 bridgehead atoms. The van der Waals surface area contributed by atoms with E-state index in [0.717, 1.165) is 21.7 Å². The summed E-state index contributed by atoms with van der Waals surface area (Å²) in [5, 5.41) is 12.8. The van der Waals surface area contributed by atoms with Crippen LogP contribution in [0.15, 0.2) is 24.3 Å². The van der Waals surface area contributed by atoms with Crippen molar-refractivity contribution in [2.75, 3.05) is 6.54 Å². The van der Waals surface area contributed by atoms with E-state index in [4.69, 9.17) is 12.2 Å². The molecule has 3 N–H and O–H groups in total. The van der Waals surface area contributed by atoms with Gasteiger partial charge < -0.3 is 15.4 Å². The Kier molecular flexibility index (Phi) is 5.27. The van der Waals surface area contributed by atoms with Gasteiger partial charge in [-0.2, -0.15) is 0 Å². The van der Waals surface area contributed by atoms with Gasteiger partial charge in [-0.1, -0.05) is 29.8 Å². The van der Waals surface area contributed by atoms with E-state index in [2.05, 4.69) is 10.3 Å². The van der Waals surface area contributed by atoms with Crippen LogP contribution in [0.3, 0.4) is 0 Å². The number of hydrogen-bond donors (Lipinski definition) is 3. The van der Waals surface area contributed by atoms with Crippen LogP contribution in [0.2, 0.25) is 0 Å². The Balaban J connectivity index is 1.89. The average Bonchev–Trinajstić information content (AvgIpc) is 2.74. The number of benzene rings is 1. The summed E-state index contributed by atoms with van der Waals surface area (Å²) in [5.41, 5.74) is 2.82. The summed E-state index contributed by atoms with van der Waals surface area (Å²) >= 11 is 6.46. The number of H-pyrrole nitrogens is 1. The van der Waals surface area contributed by atoms with Gasteiger partial charge in [-0.15, -0.1) is 11.3 Å². The number of aliphatic hydroxyl groups excluding tert-OH is 1. The third kappa shape index (κ3) is 4.49. The lowest BCUT2D eigenvalue weighted by Gasteiger charge is -2.12. The number of amides is 1. The molecule has 1 amide bonds. The molecular weight excluding hydrogens is 304 g/mol. The number of carbonyl (C=O) groups is 1. The lowest BCUT2D eigenvalue weighted by molar-refractivity contribution is -0.120. The fraction of sp³-hybridized carbons (Fsp3) is 0.333. The maximum absolute atomic E-state index is 11.9. The summed E-state index contributed by atoms with van der Waals surface area (Å²) < 4.78 is 0.676. The zero-order valence-corrected chi connectivity index (χ0v) is 13.6. The van der Waals surface area contributed by atoms with Crippen LogP contribution in [0, 0.1) is 17.8 Å². The number of aryl methyl sites for hydroxylation is 2. The van der Waals surface area contributed by atoms with Gasteiger partial charge in [-0.25, -0.2) is 0 Å². The second-order valence-corrected chi connectivity index (χ2v) is 6.75. The second kappa shape index (κ2) is 6.98. The van der Waals surface area contributed by atoms with Crippen LogP contribution in [-0.2, 0) is 11.2 Å². The van der Waals surface area contributed by atoms with Gasteiger partial charge in [-0.05, 0) is 31.6 Å². The highest BCUT2D eigenvalue weighted by Gasteiger charge is 2.12. The van der Waals surface area contributed by atoms with Crippen LogP contribution in [0.5, 0.6) is 0 Å². The van der Waals surface area contributed by atoms with Gasteiger partial charge in [0.1, 0.15) is 0 Å². The lowest BCUT2D eigenvalue weighted by Crippen LogP contribution is -2.29. The Morgan fingerprint density at radius 2 is 2.24 bits per heavy atom. The number of hydrogen-bond acceptors (Lipinski definition) is 4. The van der Waals surface area contributed by atoms with Crippen LogP contribution < -0.4 is 5.32 Å². The van der Waals surface area contributed by atoms with Crippen molar-refractivity contribution in [3.8, 4) is 0 Å². The van der Waals surface area contributed by atoms with Crippen molar-refractivity contribution in [3.05, 3.63) is 49.9 Å². The minimum Gasteiger partial charge on any atom is -0.387 e. The summed E-state index contributed by atoms with van der Waals surface area (Å²) in [7, 11) is 0. The number of aromatic nitrogens is 1. The van der Waals surface area contributed by atoms with Gasteiger partial charge in [0.15, 0.2) is 3.95 Å². The van der Waals surface area contributed by atoms with Crippen LogP contribution in [-0.4, -0.2) is 22.5 Å². The Labute approximate surface area is 132 Å². The van der Waals surface area contributed by atoms with Gasteiger partial charge in [0, 0.05) is 17.1 Å². The van der Waals surface area contributed by atoms with E-state index in [-0.39, 0.29) is 18.9 Å². The van der Waals surface area contributed by atoms with Crippen LogP contribution in [0.4, 0.5) is 0 Å². The number of nitrogens with one attached hydrogen (secondary N) is 2. The maximum Gasteiger partial charge on any atom is 0.225 e. The molecule has 2 aromatic rings. The molecule has 4 nitrogen and oxygen atoms in total. The molecule has 0 aliphatic rings. The number of thiazole rings is 1. The Bertz CT molecular complexity index is 691. The molecule has 2 rings (SSSR count). The van der Waals surface area contributed by atoms with Crippen molar-refractivity contribution in [1.82, 2.24) is 10.3 Å². The van der Waals surface area contributed by atoms with Crippen molar-refractivity contribution >= 4 is 29.5 Å². The van der Waals surface area contributed by atoms with Crippen LogP contribution in [0.1, 0.15) is 27.8 Å². The smallest absolute Gasteiger partial charge is 0.225 e. The Hall–Kier alpha value is -1.50. The molecule has 1 atom stereocenters. The molecule has 6 heteroatoms. The van der Waals surface area contributed by atoms with Crippen molar-refractivity contribution in [2.45, 2.75) is 26.4 Å². The average molecular weight is 322 g/mol. The van der Waals surface area contributed by atoms with E-state index in [1.54, 1.807) is 0 Å². The third-order valence-electron chi connectivity index (χ3n) is 3.16. The molecule has 0 aliphatic carbocycles. The topological polar surface area (TPSA) is 65.1 Å². The fourth-order valence-electron chi connectivity index (χ4n) is 2.02. The summed E-state index contributed by atoms with van der Waals surface area (Å²) in [6, 6.07) is 7.63. The molecule has 0 aliphatic heterocycles. The van der Waals surface area contributed by atoms with Crippen LogP contribution in [0.25, 0.3) is 0 Å². The van der Waals surface area contributed by atoms with Crippen molar-refractivity contribution in [1.29, 1.82) is 0 Å². The molecule has 1 aromatic carbocycles. The van der Waals surface area contributed by atoms with E-state index in [1.165, 1.54) is 11.3 Å². The number of aliphatic hydroxyl groups is 1. The second-order valence-electron chi connectivity index (χ2n) is 4.97. The first-order valence-corrected chi connectivity index (χ1v) is 7.88. The van der Waals surface area contributed by atoms with Crippen molar-refractivity contribution in [3.63, 3.8) is 0 Å². The predicted molar refractivity (Wildman–Crippen MR) is 87.1 cm³/mol. The predicted octanol–water partition coefficient (Wildman–Crippen LogP) is 2.81. The minimum atomic E-state index is -0.695. The molecule has 0 spiro atoms.